The van der Waals surface area contributed by atoms with Crippen LogP contribution in [0, 0.1) is 5.82 Å². The molecule has 1 aromatic carbocycles. The number of aromatic nitrogens is 5. The summed E-state index contributed by atoms with van der Waals surface area (Å²) in [5.74, 6) is -0.150. The quantitative estimate of drug-likeness (QED) is 0.215. The Morgan fingerprint density at radius 2 is 1.65 bits per heavy atom. The molecule has 0 amide bonds. The normalized spacial score (nSPS) is 12.6. The number of halogens is 1. The summed E-state index contributed by atoms with van der Waals surface area (Å²) in [6, 6.07) is 13.2. The standard InChI is InChI=1S/C28H35FN6O6SSi/c1-39-23-10-8-11-24(40-2)26(23)35-27(21-9-7-12-25(31-21)41-3)32-33-28(35)34(15-16-43(4,5)6)42(37,38)18-22(36)20-14-13-19(29)17-30-20/h7-14,17,22,36H,15-16,18H2,1-6H3. The Balaban J connectivity index is 1.95. The fourth-order valence-corrected chi connectivity index (χ4v) is 6.82. The highest BCUT2D eigenvalue weighted by molar-refractivity contribution is 7.92. The highest BCUT2D eigenvalue weighted by Crippen LogP contribution is 2.39. The summed E-state index contributed by atoms with van der Waals surface area (Å²) in [4.78, 5) is 8.37. The van der Waals surface area contributed by atoms with E-state index in [1.807, 2.05) is 0 Å². The number of anilines is 1. The first-order valence-corrected chi connectivity index (χ1v) is 18.7. The van der Waals surface area contributed by atoms with Crippen LogP contribution >= 0.6 is 0 Å². The van der Waals surface area contributed by atoms with Crippen molar-refractivity contribution in [3.8, 4) is 34.6 Å². The van der Waals surface area contributed by atoms with Crippen molar-refractivity contribution in [2.45, 2.75) is 31.8 Å². The van der Waals surface area contributed by atoms with Gasteiger partial charge in [0.2, 0.25) is 21.9 Å². The van der Waals surface area contributed by atoms with Crippen LogP contribution in [0.25, 0.3) is 17.2 Å². The summed E-state index contributed by atoms with van der Waals surface area (Å²) >= 11 is 0. The van der Waals surface area contributed by atoms with Gasteiger partial charge in [0.15, 0.2) is 5.82 Å². The number of nitrogens with zero attached hydrogens (tertiary/aromatic N) is 6. The minimum absolute atomic E-state index is 0.0178. The van der Waals surface area contributed by atoms with Crippen LogP contribution in [0.4, 0.5) is 10.3 Å². The van der Waals surface area contributed by atoms with Crippen molar-refractivity contribution in [2.75, 3.05) is 37.9 Å². The number of rotatable bonds is 13. The number of methoxy groups -OCH3 is 3. The van der Waals surface area contributed by atoms with Crippen molar-refractivity contribution in [1.29, 1.82) is 0 Å². The minimum atomic E-state index is -4.28. The molecule has 0 aliphatic carbocycles. The molecule has 15 heteroatoms. The summed E-state index contributed by atoms with van der Waals surface area (Å²) in [6.07, 6.45) is -0.608. The number of aliphatic hydroxyl groups is 1. The number of hydrogen-bond donors (Lipinski definition) is 1. The topological polar surface area (TPSA) is 142 Å². The van der Waals surface area contributed by atoms with Gasteiger partial charge in [-0.1, -0.05) is 31.8 Å². The lowest BCUT2D eigenvalue weighted by Gasteiger charge is -2.28. The van der Waals surface area contributed by atoms with Crippen molar-refractivity contribution in [2.24, 2.45) is 0 Å². The molecule has 0 aliphatic heterocycles. The summed E-state index contributed by atoms with van der Waals surface area (Å²) in [6.45, 7) is 6.42. The Labute approximate surface area is 251 Å². The molecule has 0 saturated carbocycles. The zero-order valence-corrected chi connectivity index (χ0v) is 26.7. The van der Waals surface area contributed by atoms with Gasteiger partial charge < -0.3 is 19.3 Å². The Kier molecular flexibility index (Phi) is 9.67. The summed E-state index contributed by atoms with van der Waals surface area (Å²) in [5, 5.41) is 19.6. The van der Waals surface area contributed by atoms with Crippen LogP contribution in [0.1, 0.15) is 11.8 Å². The lowest BCUT2D eigenvalue weighted by molar-refractivity contribution is 0.196. The van der Waals surface area contributed by atoms with E-state index in [2.05, 4.69) is 39.8 Å². The molecule has 1 unspecified atom stereocenters. The number of ether oxygens (including phenoxy) is 3. The smallest absolute Gasteiger partial charge is 0.246 e. The molecule has 12 nitrogen and oxygen atoms in total. The largest absolute Gasteiger partial charge is 0.494 e. The van der Waals surface area contributed by atoms with Crippen LogP contribution in [0.3, 0.4) is 0 Å². The maximum Gasteiger partial charge on any atom is 0.246 e. The van der Waals surface area contributed by atoms with Crippen molar-refractivity contribution in [3.05, 3.63) is 66.2 Å². The van der Waals surface area contributed by atoms with Gasteiger partial charge in [-0.25, -0.2) is 22.1 Å². The summed E-state index contributed by atoms with van der Waals surface area (Å²) in [7, 11) is -1.64. The Bertz CT molecular complexity index is 1640. The van der Waals surface area contributed by atoms with Gasteiger partial charge in [0.1, 0.15) is 40.6 Å². The van der Waals surface area contributed by atoms with Crippen molar-refractivity contribution < 1.29 is 32.1 Å². The van der Waals surface area contributed by atoms with E-state index in [1.54, 1.807) is 36.4 Å². The first kappa shape index (κ1) is 31.8. The number of aliphatic hydroxyl groups excluding tert-OH is 1. The van der Waals surface area contributed by atoms with Crippen LogP contribution in [0.2, 0.25) is 25.7 Å². The van der Waals surface area contributed by atoms with E-state index in [0.29, 0.717) is 34.8 Å². The molecule has 3 heterocycles. The predicted octanol–water partition coefficient (Wildman–Crippen LogP) is 4.10. The summed E-state index contributed by atoms with van der Waals surface area (Å²) in [5.41, 5.74) is 0.717. The van der Waals surface area contributed by atoms with Crippen molar-refractivity contribution in [1.82, 2.24) is 24.7 Å². The van der Waals surface area contributed by atoms with Crippen LogP contribution < -0.4 is 18.5 Å². The van der Waals surface area contributed by atoms with Gasteiger partial charge >= 0.3 is 0 Å². The van der Waals surface area contributed by atoms with Crippen LogP contribution in [0.5, 0.6) is 17.4 Å². The molecule has 0 saturated heterocycles. The first-order valence-electron chi connectivity index (χ1n) is 13.4. The van der Waals surface area contributed by atoms with E-state index in [0.717, 1.165) is 16.6 Å². The van der Waals surface area contributed by atoms with Gasteiger partial charge in [-0.2, -0.15) is 0 Å². The van der Waals surface area contributed by atoms with Gasteiger partial charge in [-0.15, -0.1) is 10.2 Å². The average molecular weight is 631 g/mol. The molecule has 1 N–H and O–H groups in total. The summed E-state index contributed by atoms with van der Waals surface area (Å²) < 4.78 is 61.0. The molecule has 0 bridgehead atoms. The lowest BCUT2D eigenvalue weighted by atomic mass is 10.2. The molecular formula is C28H35FN6O6SSi. The van der Waals surface area contributed by atoms with Crippen LogP contribution in [-0.2, 0) is 10.0 Å². The van der Waals surface area contributed by atoms with Crippen molar-refractivity contribution >= 4 is 24.0 Å². The van der Waals surface area contributed by atoms with E-state index in [1.165, 1.54) is 32.0 Å². The Morgan fingerprint density at radius 1 is 0.977 bits per heavy atom. The number of benzene rings is 1. The zero-order chi connectivity index (χ0) is 31.4. The van der Waals surface area contributed by atoms with Gasteiger partial charge in [0.05, 0.1) is 33.2 Å². The van der Waals surface area contributed by atoms with Gasteiger partial charge in [-0.05, 0) is 36.4 Å². The molecule has 0 fully saturated rings. The molecule has 230 valence electrons. The second-order valence-corrected chi connectivity index (χ2v) is 18.4. The second-order valence-electron chi connectivity index (χ2n) is 10.8. The maximum absolute atomic E-state index is 14.1. The molecule has 43 heavy (non-hydrogen) atoms. The van der Waals surface area contributed by atoms with Crippen LogP contribution in [-0.4, -0.2) is 80.0 Å². The minimum Gasteiger partial charge on any atom is -0.494 e. The fraction of sp³-hybridized carbons (Fsp3) is 0.357. The predicted molar refractivity (Wildman–Crippen MR) is 163 cm³/mol. The van der Waals surface area contributed by atoms with E-state index in [-0.39, 0.29) is 24.0 Å². The SMILES string of the molecule is COc1cccc(-c2nnc(N(CC[Si](C)(C)C)S(=O)(=O)CC(O)c3ccc(F)cn3)n2-c2c(OC)cccc2OC)n1. The molecule has 4 aromatic rings. The lowest BCUT2D eigenvalue weighted by Crippen LogP contribution is -2.40. The maximum atomic E-state index is 14.1. The number of hydrogen-bond acceptors (Lipinski definition) is 10. The third kappa shape index (κ3) is 7.29. The zero-order valence-electron chi connectivity index (χ0n) is 24.9. The molecule has 1 atom stereocenters. The molecule has 3 aromatic heterocycles. The number of para-hydroxylation sites is 1. The van der Waals surface area contributed by atoms with Crippen LogP contribution in [0.15, 0.2) is 54.7 Å². The van der Waals surface area contributed by atoms with Crippen molar-refractivity contribution in [3.63, 3.8) is 0 Å². The fourth-order valence-electron chi connectivity index (χ4n) is 4.27. The van der Waals surface area contributed by atoms with E-state index >= 15 is 0 Å². The molecule has 0 aliphatic rings. The second kappa shape index (κ2) is 13.1. The van der Waals surface area contributed by atoms with Gasteiger partial charge in [-0.3, -0.25) is 9.55 Å². The molecule has 4 rings (SSSR count). The highest BCUT2D eigenvalue weighted by atomic mass is 32.2. The Morgan fingerprint density at radius 3 is 2.23 bits per heavy atom. The third-order valence-corrected chi connectivity index (χ3v) is 10.00. The van der Waals surface area contributed by atoms with Gasteiger partial charge in [0.25, 0.3) is 0 Å². The van der Waals surface area contributed by atoms with E-state index in [9.17, 15) is 17.9 Å². The molecule has 0 spiro atoms. The third-order valence-electron chi connectivity index (χ3n) is 6.52. The number of sulfonamides is 1. The van der Waals surface area contributed by atoms with E-state index < -0.39 is 35.8 Å². The van der Waals surface area contributed by atoms with Gasteiger partial charge in [0, 0.05) is 20.7 Å². The Hall–Kier alpha value is -4.08. The monoisotopic (exact) mass is 630 g/mol. The first-order chi connectivity index (χ1) is 20.4. The molecule has 0 radical (unpaired) electrons. The molecular weight excluding hydrogens is 595 g/mol. The highest BCUT2D eigenvalue weighted by Gasteiger charge is 2.35. The number of pyridine rings is 2. The average Bonchev–Trinajstić information content (AvgIpc) is 3.40. The van der Waals surface area contributed by atoms with E-state index in [4.69, 9.17) is 14.2 Å².